The van der Waals surface area contributed by atoms with Crippen LogP contribution in [-0.2, 0) is 0 Å². The van der Waals surface area contributed by atoms with Gasteiger partial charge in [-0.25, -0.2) is 4.99 Å². The normalized spacial score (nSPS) is 13.7. The molecule has 0 N–H and O–H groups in total. The highest BCUT2D eigenvalue weighted by Crippen LogP contribution is 2.37. The predicted molar refractivity (Wildman–Crippen MR) is 198 cm³/mol. The molecule has 0 aliphatic heterocycles. The molecular formula is C44H38N2. The monoisotopic (exact) mass is 594 g/mol. The number of amidine groups is 1. The van der Waals surface area contributed by atoms with E-state index in [0.29, 0.717) is 5.92 Å². The first-order chi connectivity index (χ1) is 22.6. The fourth-order valence-electron chi connectivity index (χ4n) is 6.53. The molecule has 0 aliphatic carbocycles. The second-order valence-corrected chi connectivity index (χ2v) is 12.2. The van der Waals surface area contributed by atoms with Gasteiger partial charge in [-0.15, -0.1) is 0 Å². The van der Waals surface area contributed by atoms with E-state index in [2.05, 4.69) is 166 Å². The third-order valence-electron chi connectivity index (χ3n) is 9.25. The minimum atomic E-state index is 0.0211. The Balaban J connectivity index is 1.32. The fraction of sp³-hybridized carbons (Fsp3) is 0.136. The van der Waals surface area contributed by atoms with Crippen LogP contribution in [0.1, 0.15) is 49.9 Å². The Kier molecular flexibility index (Phi) is 8.27. The predicted octanol–water partition coefficient (Wildman–Crippen LogP) is 11.9. The van der Waals surface area contributed by atoms with Crippen LogP contribution in [0.15, 0.2) is 162 Å². The van der Waals surface area contributed by atoms with E-state index in [1.807, 2.05) is 6.07 Å². The molecule has 7 aromatic carbocycles. The van der Waals surface area contributed by atoms with Crippen LogP contribution in [0.25, 0.3) is 43.4 Å². The molecule has 0 heterocycles. The Bertz CT molecular complexity index is 2180. The lowest BCUT2D eigenvalue weighted by molar-refractivity contribution is 0.459. The van der Waals surface area contributed by atoms with Gasteiger partial charge >= 0.3 is 0 Å². The van der Waals surface area contributed by atoms with Gasteiger partial charge in [0.1, 0.15) is 0 Å². The molecule has 0 radical (unpaired) electrons. The molecule has 2 atom stereocenters. The van der Waals surface area contributed by atoms with Crippen molar-refractivity contribution in [3.63, 3.8) is 0 Å². The van der Waals surface area contributed by atoms with Crippen molar-refractivity contribution in [2.24, 2.45) is 15.9 Å². The lowest BCUT2D eigenvalue weighted by Gasteiger charge is -2.21. The van der Waals surface area contributed by atoms with Gasteiger partial charge in [-0.1, -0.05) is 160 Å². The third-order valence-corrected chi connectivity index (χ3v) is 9.25. The van der Waals surface area contributed by atoms with Gasteiger partial charge in [0, 0.05) is 11.3 Å². The first kappa shape index (κ1) is 29.4. The van der Waals surface area contributed by atoms with Gasteiger partial charge in [-0.2, -0.15) is 0 Å². The zero-order valence-corrected chi connectivity index (χ0v) is 26.7. The Hall–Kier alpha value is -5.34. The van der Waals surface area contributed by atoms with Crippen molar-refractivity contribution in [3.05, 3.63) is 168 Å². The summed E-state index contributed by atoms with van der Waals surface area (Å²) >= 11 is 0. The van der Waals surface area contributed by atoms with Crippen LogP contribution >= 0.6 is 0 Å². The Morgan fingerprint density at radius 3 is 1.67 bits per heavy atom. The highest BCUT2D eigenvalue weighted by Gasteiger charge is 2.19. The van der Waals surface area contributed by atoms with Crippen molar-refractivity contribution in [1.29, 1.82) is 0 Å². The van der Waals surface area contributed by atoms with E-state index in [4.69, 9.17) is 9.98 Å². The number of aliphatic imine (C=N–C) groups is 2. The topological polar surface area (TPSA) is 24.7 Å². The SMILES string of the molecule is CCC(C)[C@@H](/N=C(\N=C(/C)c1cccc(-c2ccc3c4ccccc4c4ccccc4c3c2)c1)c1ccccc1)c1ccccc1. The van der Waals surface area contributed by atoms with E-state index in [9.17, 15) is 0 Å². The van der Waals surface area contributed by atoms with Crippen LogP contribution in [0, 0.1) is 5.92 Å². The second kappa shape index (κ2) is 12.9. The van der Waals surface area contributed by atoms with Crippen molar-refractivity contribution < 1.29 is 0 Å². The van der Waals surface area contributed by atoms with E-state index in [1.165, 1.54) is 49.0 Å². The zero-order chi connectivity index (χ0) is 31.5. The summed E-state index contributed by atoms with van der Waals surface area (Å²) in [6, 6.07) is 54.1. The summed E-state index contributed by atoms with van der Waals surface area (Å²) in [5, 5.41) is 7.72. The van der Waals surface area contributed by atoms with Gasteiger partial charge in [-0.05, 0) is 79.5 Å². The molecule has 0 fully saturated rings. The van der Waals surface area contributed by atoms with Crippen LogP contribution in [0.5, 0.6) is 0 Å². The highest BCUT2D eigenvalue weighted by molar-refractivity contribution is 6.25. The molecule has 0 aliphatic rings. The minimum Gasteiger partial charge on any atom is -0.258 e. The molecule has 0 amide bonds. The van der Waals surface area contributed by atoms with E-state index in [-0.39, 0.29) is 6.04 Å². The van der Waals surface area contributed by atoms with Gasteiger partial charge in [0.25, 0.3) is 0 Å². The number of fused-ring (bicyclic) bond motifs is 6. The number of hydrogen-bond acceptors (Lipinski definition) is 1. The first-order valence-corrected chi connectivity index (χ1v) is 16.3. The molecule has 46 heavy (non-hydrogen) atoms. The maximum Gasteiger partial charge on any atom is 0.155 e. The molecule has 2 nitrogen and oxygen atoms in total. The molecule has 0 spiro atoms. The minimum absolute atomic E-state index is 0.0211. The van der Waals surface area contributed by atoms with E-state index >= 15 is 0 Å². The van der Waals surface area contributed by atoms with Gasteiger partial charge in [0.2, 0.25) is 0 Å². The number of benzene rings is 7. The molecule has 2 heteroatoms. The number of rotatable bonds is 7. The number of hydrogen-bond donors (Lipinski definition) is 0. The van der Waals surface area contributed by atoms with Crippen LogP contribution in [0.4, 0.5) is 0 Å². The lowest BCUT2D eigenvalue weighted by Crippen LogP contribution is -2.12. The summed E-state index contributed by atoms with van der Waals surface area (Å²) < 4.78 is 0. The third kappa shape index (κ3) is 5.75. The van der Waals surface area contributed by atoms with Crippen LogP contribution in [-0.4, -0.2) is 11.5 Å². The summed E-state index contributed by atoms with van der Waals surface area (Å²) in [5.41, 5.74) is 6.64. The lowest BCUT2D eigenvalue weighted by atomic mass is 9.91. The Morgan fingerprint density at radius 2 is 1.04 bits per heavy atom. The van der Waals surface area contributed by atoms with Gasteiger partial charge in [0.15, 0.2) is 5.84 Å². The maximum absolute atomic E-state index is 5.35. The van der Waals surface area contributed by atoms with Gasteiger partial charge in [0.05, 0.1) is 6.04 Å². The standard InChI is InChI=1S/C44H38N2/c1-4-30(2)43(32-16-7-5-8-17-32)46-44(33-18-9-6-10-19-33)45-31(3)34-20-15-21-35(28-34)36-26-27-41-39-24-12-11-22-37(39)38-23-13-14-25-40(38)42(41)29-36/h5-30,43H,4H2,1-3H3/b45-31+,46-44-/t30?,43-/m1/s1. The largest absolute Gasteiger partial charge is 0.258 e. The summed E-state index contributed by atoms with van der Waals surface area (Å²) in [5.74, 6) is 1.14. The molecule has 7 aromatic rings. The Morgan fingerprint density at radius 1 is 0.522 bits per heavy atom. The highest BCUT2D eigenvalue weighted by atomic mass is 14.9. The average molecular weight is 595 g/mol. The molecule has 0 aromatic heterocycles. The van der Waals surface area contributed by atoms with Crippen LogP contribution < -0.4 is 0 Å². The summed E-state index contributed by atoms with van der Waals surface area (Å²) in [6.07, 6.45) is 1.03. The second-order valence-electron chi connectivity index (χ2n) is 12.2. The van der Waals surface area contributed by atoms with Gasteiger partial charge < -0.3 is 0 Å². The molecule has 224 valence electrons. The molecule has 1 unspecified atom stereocenters. The van der Waals surface area contributed by atoms with Crippen molar-refractivity contribution in [3.8, 4) is 11.1 Å². The van der Waals surface area contributed by atoms with Crippen LogP contribution in [0.3, 0.4) is 0 Å². The van der Waals surface area contributed by atoms with E-state index in [1.54, 1.807) is 0 Å². The summed E-state index contributed by atoms with van der Waals surface area (Å²) in [4.78, 5) is 10.6. The molecule has 0 saturated heterocycles. The van der Waals surface area contributed by atoms with Crippen molar-refractivity contribution in [2.45, 2.75) is 33.2 Å². The van der Waals surface area contributed by atoms with E-state index in [0.717, 1.165) is 29.1 Å². The number of nitrogens with zero attached hydrogens (tertiary/aromatic N) is 2. The smallest absolute Gasteiger partial charge is 0.155 e. The Labute approximate surface area is 271 Å². The molecule has 7 rings (SSSR count). The van der Waals surface area contributed by atoms with Crippen molar-refractivity contribution >= 4 is 43.9 Å². The summed E-state index contributed by atoms with van der Waals surface area (Å²) in [6.45, 7) is 6.61. The first-order valence-electron chi connectivity index (χ1n) is 16.3. The quantitative estimate of drug-likeness (QED) is 0.0996. The molecule has 0 saturated carbocycles. The summed E-state index contributed by atoms with van der Waals surface area (Å²) in [7, 11) is 0. The fourth-order valence-corrected chi connectivity index (χ4v) is 6.53. The van der Waals surface area contributed by atoms with Crippen molar-refractivity contribution in [1.82, 2.24) is 0 Å². The zero-order valence-electron chi connectivity index (χ0n) is 26.7. The van der Waals surface area contributed by atoms with Crippen LogP contribution in [0.2, 0.25) is 0 Å². The van der Waals surface area contributed by atoms with Crippen molar-refractivity contribution in [2.75, 3.05) is 0 Å². The molecular weight excluding hydrogens is 556 g/mol. The average Bonchev–Trinajstić information content (AvgIpc) is 3.13. The maximum atomic E-state index is 5.35. The van der Waals surface area contributed by atoms with E-state index < -0.39 is 0 Å². The van der Waals surface area contributed by atoms with Gasteiger partial charge in [-0.3, -0.25) is 4.99 Å². The molecule has 0 bridgehead atoms.